The van der Waals surface area contributed by atoms with Gasteiger partial charge < -0.3 is 15.8 Å². The number of amides is 3. The number of pyridine rings is 1. The van der Waals surface area contributed by atoms with Gasteiger partial charge in [-0.1, -0.05) is 36.4 Å². The van der Waals surface area contributed by atoms with Crippen molar-refractivity contribution >= 4 is 23.7 Å². The number of methoxy groups -OCH3 is 1. The quantitative estimate of drug-likeness (QED) is 0.688. The number of hydrogen-bond acceptors (Lipinski definition) is 5. The van der Waals surface area contributed by atoms with Crippen LogP contribution in [-0.2, 0) is 9.53 Å². The Morgan fingerprint density at radius 3 is 2.48 bits per heavy atom. The fourth-order valence-corrected chi connectivity index (χ4v) is 2.14. The predicted octanol–water partition coefficient (Wildman–Crippen LogP) is 1.61. The van der Waals surface area contributed by atoms with Crippen LogP contribution in [0.4, 0.5) is 10.6 Å². The molecule has 1 heterocycles. The minimum atomic E-state index is -0.697. The van der Waals surface area contributed by atoms with Gasteiger partial charge in [0.15, 0.2) is 0 Å². The molecular formula is C17H18N4O4. The number of hydrogen-bond donors (Lipinski definition) is 3. The number of rotatable bonds is 6. The number of carbonyl (C=O) groups is 3. The van der Waals surface area contributed by atoms with Crippen LogP contribution in [0, 0.1) is 0 Å². The van der Waals surface area contributed by atoms with Gasteiger partial charge in [-0.2, -0.15) is 0 Å². The number of aromatic nitrogens is 1. The lowest BCUT2D eigenvalue weighted by Gasteiger charge is -2.18. The Bertz CT molecular complexity index is 764. The van der Waals surface area contributed by atoms with Crippen molar-refractivity contribution in [3.63, 3.8) is 0 Å². The lowest BCUT2D eigenvalue weighted by atomic mass is 10.0. The lowest BCUT2D eigenvalue weighted by molar-refractivity contribution is -0.141. The molecule has 0 aliphatic carbocycles. The van der Waals surface area contributed by atoms with Crippen LogP contribution in [0.3, 0.4) is 0 Å². The average molecular weight is 342 g/mol. The van der Waals surface area contributed by atoms with Gasteiger partial charge in [0, 0.05) is 0 Å². The summed E-state index contributed by atoms with van der Waals surface area (Å²) in [5.41, 5.74) is 5.95. The number of anilines is 1. The maximum absolute atomic E-state index is 12.2. The largest absolute Gasteiger partial charge is 0.469 e. The SMILES string of the molecule is COC(=O)CC(NC(=O)Nc1cccc(C(N)=O)n1)c1ccccc1. The van der Waals surface area contributed by atoms with E-state index in [4.69, 9.17) is 5.73 Å². The van der Waals surface area contributed by atoms with Crippen LogP contribution >= 0.6 is 0 Å². The number of nitrogens with one attached hydrogen (secondary N) is 2. The minimum absolute atomic E-state index is 0.0251. The van der Waals surface area contributed by atoms with E-state index in [1.54, 1.807) is 30.3 Å². The molecule has 0 radical (unpaired) electrons. The fraction of sp³-hybridized carbons (Fsp3) is 0.176. The van der Waals surface area contributed by atoms with Gasteiger partial charge in [-0.05, 0) is 17.7 Å². The molecule has 0 saturated carbocycles. The maximum Gasteiger partial charge on any atom is 0.320 e. The molecule has 8 nitrogen and oxygen atoms in total. The van der Waals surface area contributed by atoms with Crippen LogP contribution in [0.5, 0.6) is 0 Å². The summed E-state index contributed by atoms with van der Waals surface area (Å²) in [5, 5.41) is 5.20. The number of nitrogens with zero attached hydrogens (tertiary/aromatic N) is 1. The van der Waals surface area contributed by atoms with Crippen molar-refractivity contribution in [2.45, 2.75) is 12.5 Å². The second-order valence-corrected chi connectivity index (χ2v) is 5.11. The van der Waals surface area contributed by atoms with E-state index in [-0.39, 0.29) is 17.9 Å². The van der Waals surface area contributed by atoms with Gasteiger partial charge in [-0.15, -0.1) is 0 Å². The minimum Gasteiger partial charge on any atom is -0.469 e. The van der Waals surface area contributed by atoms with Crippen molar-refractivity contribution in [3.05, 3.63) is 59.8 Å². The van der Waals surface area contributed by atoms with E-state index in [1.165, 1.54) is 19.2 Å². The van der Waals surface area contributed by atoms with Crippen LogP contribution in [0.1, 0.15) is 28.5 Å². The van der Waals surface area contributed by atoms with Crippen molar-refractivity contribution in [3.8, 4) is 0 Å². The topological polar surface area (TPSA) is 123 Å². The summed E-state index contributed by atoms with van der Waals surface area (Å²) in [4.78, 5) is 38.9. The summed E-state index contributed by atoms with van der Waals surface area (Å²) < 4.78 is 4.67. The van der Waals surface area contributed by atoms with Crippen LogP contribution in [0.15, 0.2) is 48.5 Å². The van der Waals surface area contributed by atoms with E-state index in [0.717, 1.165) is 5.56 Å². The zero-order chi connectivity index (χ0) is 18.2. The smallest absolute Gasteiger partial charge is 0.320 e. The molecule has 2 aromatic rings. The summed E-state index contributed by atoms with van der Waals surface area (Å²) in [5.74, 6) is -0.987. The summed E-state index contributed by atoms with van der Waals surface area (Å²) in [7, 11) is 1.28. The van der Waals surface area contributed by atoms with Gasteiger partial charge in [0.2, 0.25) is 0 Å². The van der Waals surface area contributed by atoms with Gasteiger partial charge in [0.25, 0.3) is 5.91 Å². The summed E-state index contributed by atoms with van der Waals surface area (Å²) in [6, 6.07) is 12.4. The Hall–Kier alpha value is -3.42. The first-order valence-corrected chi connectivity index (χ1v) is 7.45. The number of ether oxygens (including phenoxy) is 1. The summed E-state index contributed by atoms with van der Waals surface area (Å²) in [6.45, 7) is 0. The summed E-state index contributed by atoms with van der Waals surface area (Å²) >= 11 is 0. The van der Waals surface area contributed by atoms with Gasteiger partial charge in [-0.25, -0.2) is 9.78 Å². The Labute approximate surface area is 144 Å². The number of nitrogens with two attached hydrogens (primary N) is 1. The highest BCUT2D eigenvalue weighted by atomic mass is 16.5. The number of primary amides is 1. The van der Waals surface area contributed by atoms with Crippen molar-refractivity contribution in [1.82, 2.24) is 10.3 Å². The Morgan fingerprint density at radius 1 is 1.12 bits per heavy atom. The molecule has 0 fully saturated rings. The molecule has 3 amide bonds. The van der Waals surface area contributed by atoms with Crippen molar-refractivity contribution in [2.75, 3.05) is 12.4 Å². The molecule has 130 valence electrons. The standard InChI is InChI=1S/C17H18N4O4/c1-25-15(22)10-13(11-6-3-2-4-7-11)20-17(24)21-14-9-5-8-12(19-14)16(18)23/h2-9,13H,10H2,1H3,(H2,18,23)(H2,19,20,21,24). The van der Waals surface area contributed by atoms with Crippen molar-refractivity contribution in [1.29, 1.82) is 0 Å². The zero-order valence-corrected chi connectivity index (χ0v) is 13.6. The van der Waals surface area contributed by atoms with Crippen LogP contribution < -0.4 is 16.4 Å². The second-order valence-electron chi connectivity index (χ2n) is 5.11. The number of esters is 1. The second kappa shape index (κ2) is 8.44. The third-order valence-corrected chi connectivity index (χ3v) is 3.35. The summed E-state index contributed by atoms with van der Waals surface area (Å²) in [6.07, 6.45) is -0.0251. The van der Waals surface area contributed by atoms with Crippen LogP contribution in [0.2, 0.25) is 0 Å². The zero-order valence-electron chi connectivity index (χ0n) is 13.6. The molecule has 25 heavy (non-hydrogen) atoms. The van der Waals surface area contributed by atoms with Gasteiger partial charge >= 0.3 is 12.0 Å². The van der Waals surface area contributed by atoms with E-state index in [2.05, 4.69) is 20.4 Å². The first-order chi connectivity index (χ1) is 12.0. The molecule has 4 N–H and O–H groups in total. The molecule has 8 heteroatoms. The van der Waals surface area contributed by atoms with Crippen LogP contribution in [0.25, 0.3) is 0 Å². The number of carbonyl (C=O) groups excluding carboxylic acids is 3. The van der Waals surface area contributed by atoms with E-state index in [9.17, 15) is 14.4 Å². The molecule has 1 unspecified atom stereocenters. The lowest BCUT2D eigenvalue weighted by Crippen LogP contribution is -2.34. The Balaban J connectivity index is 2.10. The maximum atomic E-state index is 12.2. The highest BCUT2D eigenvalue weighted by molar-refractivity contribution is 5.93. The van der Waals surface area contributed by atoms with E-state index < -0.39 is 23.9 Å². The predicted molar refractivity (Wildman–Crippen MR) is 90.7 cm³/mol. The molecule has 0 bridgehead atoms. The van der Waals surface area contributed by atoms with Crippen molar-refractivity contribution in [2.24, 2.45) is 5.73 Å². The molecule has 0 aliphatic heterocycles. The third kappa shape index (κ3) is 5.31. The molecule has 1 aromatic carbocycles. The van der Waals surface area contributed by atoms with E-state index in [1.807, 2.05) is 6.07 Å². The third-order valence-electron chi connectivity index (χ3n) is 3.35. The Kier molecular flexibility index (Phi) is 6.05. The molecule has 1 atom stereocenters. The van der Waals surface area contributed by atoms with Gasteiger partial charge in [0.05, 0.1) is 19.6 Å². The Morgan fingerprint density at radius 2 is 1.84 bits per heavy atom. The first-order valence-electron chi connectivity index (χ1n) is 7.45. The molecule has 0 saturated heterocycles. The number of benzene rings is 1. The molecule has 0 aliphatic rings. The van der Waals surface area contributed by atoms with Gasteiger partial charge in [-0.3, -0.25) is 14.9 Å². The highest BCUT2D eigenvalue weighted by Crippen LogP contribution is 2.17. The molecule has 2 rings (SSSR count). The molecule has 0 spiro atoms. The van der Waals surface area contributed by atoms with Crippen LogP contribution in [-0.4, -0.2) is 30.0 Å². The molecular weight excluding hydrogens is 324 g/mol. The first kappa shape index (κ1) is 17.9. The monoisotopic (exact) mass is 342 g/mol. The highest BCUT2D eigenvalue weighted by Gasteiger charge is 2.19. The average Bonchev–Trinajstić information content (AvgIpc) is 2.61. The van der Waals surface area contributed by atoms with E-state index in [0.29, 0.717) is 0 Å². The van der Waals surface area contributed by atoms with Crippen molar-refractivity contribution < 1.29 is 19.1 Å². The fourth-order valence-electron chi connectivity index (χ4n) is 2.14. The van der Waals surface area contributed by atoms with Gasteiger partial charge in [0.1, 0.15) is 11.5 Å². The number of urea groups is 1. The van der Waals surface area contributed by atoms with E-state index >= 15 is 0 Å². The molecule has 1 aromatic heterocycles. The normalized spacial score (nSPS) is 11.2.